The number of piperazine rings is 1. The molecule has 0 unspecified atom stereocenters. The highest BCUT2D eigenvalue weighted by Gasteiger charge is 2.36. The largest absolute Gasteiger partial charge is 0.392 e. The van der Waals surface area contributed by atoms with Crippen molar-refractivity contribution in [1.82, 2.24) is 9.80 Å². The van der Waals surface area contributed by atoms with Crippen LogP contribution in [0.3, 0.4) is 0 Å². The first-order valence-electron chi connectivity index (χ1n) is 6.10. The number of nitrogens with zero attached hydrogens (tertiary/aromatic N) is 2. The van der Waals surface area contributed by atoms with Gasteiger partial charge in [-0.05, 0) is 27.7 Å². The lowest BCUT2D eigenvalue weighted by Crippen LogP contribution is -2.55. The van der Waals surface area contributed by atoms with Gasteiger partial charge in [0.25, 0.3) is 0 Å². The van der Waals surface area contributed by atoms with Crippen molar-refractivity contribution in [2.24, 2.45) is 11.1 Å². The zero-order chi connectivity index (χ0) is 13.2. The zero-order valence-electron chi connectivity index (χ0n) is 11.2. The predicted octanol–water partition coefficient (Wildman–Crippen LogP) is 0.851. The van der Waals surface area contributed by atoms with E-state index in [1.807, 2.05) is 4.90 Å². The lowest BCUT2D eigenvalue weighted by molar-refractivity contribution is -0.139. The van der Waals surface area contributed by atoms with Crippen LogP contribution >= 0.6 is 12.2 Å². The summed E-state index contributed by atoms with van der Waals surface area (Å²) in [4.78, 5) is 16.8. The monoisotopic (exact) mass is 257 g/mol. The van der Waals surface area contributed by atoms with Crippen LogP contribution < -0.4 is 5.73 Å². The summed E-state index contributed by atoms with van der Waals surface area (Å²) < 4.78 is 0. The Balaban J connectivity index is 2.60. The summed E-state index contributed by atoms with van der Waals surface area (Å²) in [7, 11) is 0. The molecule has 0 aromatic carbocycles. The number of nitrogens with two attached hydrogens (primary N) is 1. The van der Waals surface area contributed by atoms with Gasteiger partial charge >= 0.3 is 0 Å². The van der Waals surface area contributed by atoms with Gasteiger partial charge in [0, 0.05) is 32.2 Å². The molecule has 17 heavy (non-hydrogen) atoms. The van der Waals surface area contributed by atoms with Crippen LogP contribution in [-0.4, -0.2) is 52.9 Å². The average molecular weight is 257 g/mol. The van der Waals surface area contributed by atoms with Gasteiger partial charge in [-0.15, -0.1) is 0 Å². The number of carbonyl (C=O) groups is 1. The third-order valence-electron chi connectivity index (χ3n) is 3.48. The lowest BCUT2D eigenvalue weighted by Gasteiger charge is -2.39. The fourth-order valence-electron chi connectivity index (χ4n) is 1.94. The Morgan fingerprint density at radius 3 is 2.06 bits per heavy atom. The molecule has 1 aliphatic heterocycles. The number of thiocarbonyl (C=S) groups is 1. The van der Waals surface area contributed by atoms with Gasteiger partial charge in [0.1, 0.15) is 0 Å². The Morgan fingerprint density at radius 2 is 1.71 bits per heavy atom. The van der Waals surface area contributed by atoms with Crippen molar-refractivity contribution in [3.63, 3.8) is 0 Å². The summed E-state index contributed by atoms with van der Waals surface area (Å²) in [5.41, 5.74) is 4.90. The average Bonchev–Trinajstić information content (AvgIpc) is 2.27. The maximum absolute atomic E-state index is 12.3. The van der Waals surface area contributed by atoms with Gasteiger partial charge in [-0.2, -0.15) is 0 Å². The van der Waals surface area contributed by atoms with Crippen LogP contribution in [0.15, 0.2) is 0 Å². The molecule has 98 valence electrons. The predicted molar refractivity (Wildman–Crippen MR) is 73.9 cm³/mol. The Bertz CT molecular complexity index is 307. The minimum atomic E-state index is -0.727. The number of carbonyl (C=O) groups excluding carboxylic acids is 1. The van der Waals surface area contributed by atoms with E-state index in [1.165, 1.54) is 0 Å². The van der Waals surface area contributed by atoms with Gasteiger partial charge in [0.2, 0.25) is 5.91 Å². The minimum absolute atomic E-state index is 0.0495. The summed E-state index contributed by atoms with van der Waals surface area (Å²) in [6.07, 6.45) is 0. The molecule has 0 spiro atoms. The van der Waals surface area contributed by atoms with E-state index in [-0.39, 0.29) is 10.9 Å². The van der Waals surface area contributed by atoms with Crippen molar-refractivity contribution >= 4 is 23.1 Å². The Morgan fingerprint density at radius 1 is 1.24 bits per heavy atom. The molecule has 1 amide bonds. The van der Waals surface area contributed by atoms with Gasteiger partial charge in [0.15, 0.2) is 0 Å². The number of hydrogen-bond donors (Lipinski definition) is 1. The first-order valence-corrected chi connectivity index (χ1v) is 6.51. The second-order valence-electron chi connectivity index (χ2n) is 5.41. The standard InChI is InChI=1S/C12H23N3OS/c1-9(2)14-5-7-15(8-6-14)11(16)12(3,4)10(13)17/h9H,5-8H2,1-4H3,(H2,13,17). The van der Waals surface area contributed by atoms with E-state index < -0.39 is 5.41 Å². The van der Waals surface area contributed by atoms with Crippen molar-refractivity contribution in [3.8, 4) is 0 Å². The van der Waals surface area contributed by atoms with E-state index >= 15 is 0 Å². The number of rotatable bonds is 3. The number of hydrogen-bond acceptors (Lipinski definition) is 3. The van der Waals surface area contributed by atoms with Gasteiger partial charge < -0.3 is 10.6 Å². The topological polar surface area (TPSA) is 49.6 Å². The van der Waals surface area contributed by atoms with E-state index in [0.717, 1.165) is 26.2 Å². The summed E-state index contributed by atoms with van der Waals surface area (Å²) >= 11 is 4.96. The van der Waals surface area contributed by atoms with Crippen LogP contribution in [-0.2, 0) is 4.79 Å². The normalized spacial score (nSPS) is 18.5. The highest BCUT2D eigenvalue weighted by Crippen LogP contribution is 2.20. The van der Waals surface area contributed by atoms with Crippen LogP contribution in [0.5, 0.6) is 0 Å². The highest BCUT2D eigenvalue weighted by molar-refractivity contribution is 7.80. The maximum atomic E-state index is 12.3. The molecule has 1 rings (SSSR count). The van der Waals surface area contributed by atoms with Crippen molar-refractivity contribution in [1.29, 1.82) is 0 Å². The first kappa shape index (κ1) is 14.4. The summed E-state index contributed by atoms with van der Waals surface area (Å²) in [5.74, 6) is 0.0495. The van der Waals surface area contributed by atoms with E-state index in [0.29, 0.717) is 6.04 Å². The first-order chi connectivity index (χ1) is 7.76. The second-order valence-corrected chi connectivity index (χ2v) is 5.85. The molecule has 4 nitrogen and oxygen atoms in total. The molecule has 0 radical (unpaired) electrons. The van der Waals surface area contributed by atoms with Gasteiger partial charge in [-0.3, -0.25) is 9.69 Å². The fourth-order valence-corrected chi connectivity index (χ4v) is 2.03. The minimum Gasteiger partial charge on any atom is -0.392 e. The molecule has 1 heterocycles. The molecule has 0 aromatic rings. The molecule has 1 aliphatic rings. The van der Waals surface area contributed by atoms with Gasteiger partial charge in [-0.25, -0.2) is 0 Å². The Labute approximate surface area is 109 Å². The molecule has 0 saturated carbocycles. The van der Waals surface area contributed by atoms with Gasteiger partial charge in [-0.1, -0.05) is 12.2 Å². The smallest absolute Gasteiger partial charge is 0.235 e. The third-order valence-corrected chi connectivity index (χ3v) is 3.99. The van der Waals surface area contributed by atoms with Gasteiger partial charge in [0.05, 0.1) is 10.4 Å². The quantitative estimate of drug-likeness (QED) is 0.762. The van der Waals surface area contributed by atoms with E-state index in [1.54, 1.807) is 13.8 Å². The van der Waals surface area contributed by atoms with E-state index in [4.69, 9.17) is 18.0 Å². The number of amides is 1. The molecular formula is C12H23N3OS. The molecule has 0 atom stereocenters. The van der Waals surface area contributed by atoms with Crippen LogP contribution in [0, 0.1) is 5.41 Å². The Hall–Kier alpha value is -0.680. The summed E-state index contributed by atoms with van der Waals surface area (Å²) in [6, 6.07) is 0.538. The molecule has 1 saturated heterocycles. The molecule has 5 heteroatoms. The van der Waals surface area contributed by atoms with E-state index in [9.17, 15) is 4.79 Å². The van der Waals surface area contributed by atoms with Crippen molar-refractivity contribution in [2.45, 2.75) is 33.7 Å². The molecule has 0 aromatic heterocycles. The van der Waals surface area contributed by atoms with Crippen LogP contribution in [0.25, 0.3) is 0 Å². The van der Waals surface area contributed by atoms with Crippen molar-refractivity contribution < 1.29 is 4.79 Å². The second kappa shape index (κ2) is 5.31. The SMILES string of the molecule is CC(C)N1CCN(C(=O)C(C)(C)C(N)=S)CC1. The van der Waals surface area contributed by atoms with Crippen LogP contribution in [0.2, 0.25) is 0 Å². The highest BCUT2D eigenvalue weighted by atomic mass is 32.1. The molecule has 1 fully saturated rings. The summed E-state index contributed by atoms with van der Waals surface area (Å²) in [5, 5.41) is 0. The maximum Gasteiger partial charge on any atom is 0.235 e. The van der Waals surface area contributed by atoms with Crippen molar-refractivity contribution in [3.05, 3.63) is 0 Å². The molecule has 2 N–H and O–H groups in total. The molecule has 0 bridgehead atoms. The van der Waals surface area contributed by atoms with E-state index in [2.05, 4.69) is 18.7 Å². The lowest BCUT2D eigenvalue weighted by atomic mass is 9.91. The summed E-state index contributed by atoms with van der Waals surface area (Å²) in [6.45, 7) is 11.3. The fraction of sp³-hybridized carbons (Fsp3) is 0.833. The molecule has 0 aliphatic carbocycles. The molecular weight excluding hydrogens is 234 g/mol. The Kier molecular flexibility index (Phi) is 4.49. The van der Waals surface area contributed by atoms with Crippen LogP contribution in [0.1, 0.15) is 27.7 Å². The van der Waals surface area contributed by atoms with Crippen molar-refractivity contribution in [2.75, 3.05) is 26.2 Å². The van der Waals surface area contributed by atoms with Crippen LogP contribution in [0.4, 0.5) is 0 Å². The third kappa shape index (κ3) is 3.16. The zero-order valence-corrected chi connectivity index (χ0v) is 12.0.